The van der Waals surface area contributed by atoms with E-state index in [1.807, 2.05) is 32.0 Å². The van der Waals surface area contributed by atoms with Crippen LogP contribution < -0.4 is 9.80 Å². The summed E-state index contributed by atoms with van der Waals surface area (Å²) in [6.07, 6.45) is 0.443. The Morgan fingerprint density at radius 3 is 2.43 bits per heavy atom. The molecule has 0 atom stereocenters. The second kappa shape index (κ2) is 6.83. The van der Waals surface area contributed by atoms with Gasteiger partial charge in [-0.15, -0.1) is 0 Å². The van der Waals surface area contributed by atoms with E-state index in [4.69, 9.17) is 0 Å². The molecule has 0 unspecified atom stereocenters. The number of carbonyl (C=O) groups is 3. The first-order valence-corrected chi connectivity index (χ1v) is 9.78. The zero-order valence-corrected chi connectivity index (χ0v) is 16.7. The third kappa shape index (κ3) is 3.07. The molecule has 3 amide bonds. The summed E-state index contributed by atoms with van der Waals surface area (Å²) in [6.45, 7) is 4.05. The normalized spacial score (nSPS) is 14.2. The molecule has 2 heterocycles. The molecule has 2 aromatic carbocycles. The molecule has 0 spiro atoms. The SMILES string of the molecule is Cc1ccc(N(C)C(=O)c2ccc3nc(N4C(=O)CCC4=O)sc3c2)cc1C. The highest BCUT2D eigenvalue weighted by atomic mass is 32.1. The number of thiazole rings is 1. The smallest absolute Gasteiger partial charge is 0.258 e. The Kier molecular flexibility index (Phi) is 4.47. The second-order valence-corrected chi connectivity index (χ2v) is 7.94. The van der Waals surface area contributed by atoms with E-state index in [1.54, 1.807) is 30.1 Å². The molecule has 1 aliphatic heterocycles. The van der Waals surface area contributed by atoms with Gasteiger partial charge in [0.15, 0.2) is 5.13 Å². The van der Waals surface area contributed by atoms with Gasteiger partial charge in [-0.25, -0.2) is 9.88 Å². The van der Waals surface area contributed by atoms with Gasteiger partial charge in [0.1, 0.15) is 0 Å². The van der Waals surface area contributed by atoms with E-state index in [0.717, 1.165) is 20.9 Å². The molecule has 4 rings (SSSR count). The molecule has 6 nitrogen and oxygen atoms in total. The van der Waals surface area contributed by atoms with E-state index in [1.165, 1.54) is 16.9 Å². The fourth-order valence-corrected chi connectivity index (χ4v) is 4.22. The van der Waals surface area contributed by atoms with E-state index in [9.17, 15) is 14.4 Å². The quantitative estimate of drug-likeness (QED) is 0.634. The largest absolute Gasteiger partial charge is 0.311 e. The standard InChI is InChI=1S/C21H19N3O3S/c1-12-4-6-15(10-13(12)2)23(3)20(27)14-5-7-16-17(11-14)28-21(22-16)24-18(25)8-9-19(24)26/h4-7,10-11H,8-9H2,1-3H3. The van der Waals surface area contributed by atoms with E-state index < -0.39 is 0 Å². The first-order valence-electron chi connectivity index (χ1n) is 8.97. The number of rotatable bonds is 3. The van der Waals surface area contributed by atoms with Crippen LogP contribution in [0.4, 0.5) is 10.8 Å². The van der Waals surface area contributed by atoms with Crippen molar-refractivity contribution in [2.75, 3.05) is 16.8 Å². The van der Waals surface area contributed by atoms with Gasteiger partial charge >= 0.3 is 0 Å². The maximum Gasteiger partial charge on any atom is 0.258 e. The van der Waals surface area contributed by atoms with E-state index in [0.29, 0.717) is 16.2 Å². The van der Waals surface area contributed by atoms with Crippen molar-refractivity contribution in [3.63, 3.8) is 0 Å². The molecule has 1 aromatic heterocycles. The molecule has 28 heavy (non-hydrogen) atoms. The zero-order valence-electron chi connectivity index (χ0n) is 15.9. The molecular formula is C21H19N3O3S. The molecule has 1 saturated heterocycles. The summed E-state index contributed by atoms with van der Waals surface area (Å²) < 4.78 is 0.766. The number of imide groups is 1. The van der Waals surface area contributed by atoms with Crippen LogP contribution in [0.15, 0.2) is 36.4 Å². The summed E-state index contributed by atoms with van der Waals surface area (Å²) >= 11 is 1.25. The number of carbonyl (C=O) groups excluding carboxylic acids is 3. The third-order valence-corrected chi connectivity index (χ3v) is 6.05. The number of hydrogen-bond donors (Lipinski definition) is 0. The number of fused-ring (bicyclic) bond motifs is 1. The van der Waals surface area contributed by atoms with Gasteiger partial charge in [0.05, 0.1) is 10.2 Å². The number of benzene rings is 2. The number of amides is 3. The minimum Gasteiger partial charge on any atom is -0.311 e. The number of nitrogens with zero attached hydrogens (tertiary/aromatic N) is 3. The van der Waals surface area contributed by atoms with Crippen molar-refractivity contribution in [2.24, 2.45) is 0 Å². The van der Waals surface area contributed by atoms with Crippen LogP contribution >= 0.6 is 11.3 Å². The van der Waals surface area contributed by atoms with Crippen LogP contribution in [0.25, 0.3) is 10.2 Å². The molecular weight excluding hydrogens is 374 g/mol. The molecule has 0 bridgehead atoms. The van der Waals surface area contributed by atoms with Crippen molar-refractivity contribution in [3.05, 3.63) is 53.1 Å². The topological polar surface area (TPSA) is 70.6 Å². The van der Waals surface area contributed by atoms with Crippen LogP contribution in [0.1, 0.15) is 34.3 Å². The van der Waals surface area contributed by atoms with Gasteiger partial charge in [-0.2, -0.15) is 0 Å². The van der Waals surface area contributed by atoms with Crippen molar-refractivity contribution in [1.29, 1.82) is 0 Å². The number of aromatic nitrogens is 1. The predicted molar refractivity (Wildman–Crippen MR) is 110 cm³/mol. The lowest BCUT2D eigenvalue weighted by atomic mass is 10.1. The van der Waals surface area contributed by atoms with Gasteiger partial charge in [-0.05, 0) is 55.3 Å². The zero-order chi connectivity index (χ0) is 20.0. The molecule has 1 fully saturated rings. The Morgan fingerprint density at radius 2 is 1.75 bits per heavy atom. The van der Waals surface area contributed by atoms with Crippen molar-refractivity contribution < 1.29 is 14.4 Å². The molecule has 0 saturated carbocycles. The average molecular weight is 393 g/mol. The van der Waals surface area contributed by atoms with Crippen LogP contribution in [-0.4, -0.2) is 29.8 Å². The first-order chi connectivity index (χ1) is 13.3. The monoisotopic (exact) mass is 393 g/mol. The highest BCUT2D eigenvalue weighted by molar-refractivity contribution is 7.22. The molecule has 0 radical (unpaired) electrons. The molecule has 142 valence electrons. The predicted octanol–water partition coefficient (Wildman–Crippen LogP) is 3.84. The fraction of sp³-hybridized carbons (Fsp3) is 0.238. The third-order valence-electron chi connectivity index (χ3n) is 5.05. The summed E-state index contributed by atoms with van der Waals surface area (Å²) in [5.41, 5.74) is 4.32. The van der Waals surface area contributed by atoms with E-state index >= 15 is 0 Å². The Hall–Kier alpha value is -3.06. The first kappa shape index (κ1) is 18.3. The van der Waals surface area contributed by atoms with E-state index in [-0.39, 0.29) is 30.6 Å². The van der Waals surface area contributed by atoms with Crippen LogP contribution in [0.5, 0.6) is 0 Å². The van der Waals surface area contributed by atoms with Gasteiger partial charge in [0, 0.05) is 31.1 Å². The van der Waals surface area contributed by atoms with Crippen LogP contribution in [0, 0.1) is 13.8 Å². The van der Waals surface area contributed by atoms with Crippen LogP contribution in [0.3, 0.4) is 0 Å². The lowest BCUT2D eigenvalue weighted by molar-refractivity contribution is -0.121. The summed E-state index contributed by atoms with van der Waals surface area (Å²) in [5, 5.41) is 0.370. The molecule has 0 N–H and O–H groups in total. The number of aryl methyl sites for hydroxylation is 2. The Bertz CT molecular complexity index is 1120. The minimum absolute atomic E-state index is 0.131. The second-order valence-electron chi connectivity index (χ2n) is 6.93. The van der Waals surface area contributed by atoms with Crippen LogP contribution in [0.2, 0.25) is 0 Å². The summed E-state index contributed by atoms with van der Waals surface area (Å²) in [5.74, 6) is -0.585. The van der Waals surface area contributed by atoms with E-state index in [2.05, 4.69) is 4.98 Å². The van der Waals surface area contributed by atoms with Crippen molar-refractivity contribution in [3.8, 4) is 0 Å². The van der Waals surface area contributed by atoms with Crippen molar-refractivity contribution in [2.45, 2.75) is 26.7 Å². The maximum absolute atomic E-state index is 12.9. The van der Waals surface area contributed by atoms with Crippen molar-refractivity contribution in [1.82, 2.24) is 4.98 Å². The molecule has 0 aliphatic carbocycles. The Labute approximate surface area is 166 Å². The number of anilines is 2. The van der Waals surface area contributed by atoms with Crippen molar-refractivity contribution >= 4 is 50.1 Å². The number of hydrogen-bond acceptors (Lipinski definition) is 5. The lowest BCUT2D eigenvalue weighted by Crippen LogP contribution is -2.28. The maximum atomic E-state index is 12.9. The molecule has 3 aromatic rings. The van der Waals surface area contributed by atoms with Gasteiger partial charge in [0.2, 0.25) is 11.8 Å². The van der Waals surface area contributed by atoms with Gasteiger partial charge in [0.25, 0.3) is 5.91 Å². The summed E-state index contributed by atoms with van der Waals surface area (Å²) in [6, 6.07) is 11.1. The highest BCUT2D eigenvalue weighted by Crippen LogP contribution is 2.32. The summed E-state index contributed by atoms with van der Waals surface area (Å²) in [4.78, 5) is 44.0. The molecule has 7 heteroatoms. The van der Waals surface area contributed by atoms with Gasteiger partial charge in [-0.1, -0.05) is 17.4 Å². The summed E-state index contributed by atoms with van der Waals surface area (Å²) in [7, 11) is 1.75. The van der Waals surface area contributed by atoms with Gasteiger partial charge in [-0.3, -0.25) is 14.4 Å². The minimum atomic E-state index is -0.227. The van der Waals surface area contributed by atoms with Crippen LogP contribution in [-0.2, 0) is 9.59 Å². The lowest BCUT2D eigenvalue weighted by Gasteiger charge is -2.18. The molecule has 1 aliphatic rings. The fourth-order valence-electron chi connectivity index (χ4n) is 3.18. The Balaban J connectivity index is 1.65. The Morgan fingerprint density at radius 1 is 1.04 bits per heavy atom. The van der Waals surface area contributed by atoms with Gasteiger partial charge < -0.3 is 4.90 Å². The highest BCUT2D eigenvalue weighted by Gasteiger charge is 2.32. The average Bonchev–Trinajstić information content (AvgIpc) is 3.24.